The first-order valence-corrected chi connectivity index (χ1v) is 8.09. The second-order valence-corrected chi connectivity index (χ2v) is 6.34. The molecule has 118 valence electrons. The van der Waals surface area contributed by atoms with E-state index in [0.29, 0.717) is 12.2 Å². The van der Waals surface area contributed by atoms with Gasteiger partial charge in [-0.25, -0.2) is 4.98 Å². The van der Waals surface area contributed by atoms with E-state index in [-0.39, 0.29) is 24.4 Å². The molecule has 0 saturated carbocycles. The zero-order valence-corrected chi connectivity index (χ0v) is 14.1. The number of rotatable bonds is 3. The van der Waals surface area contributed by atoms with Gasteiger partial charge in [-0.05, 0) is 25.3 Å². The lowest BCUT2D eigenvalue weighted by atomic mass is 10.0. The minimum absolute atomic E-state index is 0. The van der Waals surface area contributed by atoms with Crippen LogP contribution in [0.25, 0.3) is 0 Å². The highest BCUT2D eigenvalue weighted by atomic mass is 35.5. The molecule has 1 aliphatic rings. The molecular formula is C16H20ClN3OS. The van der Waals surface area contributed by atoms with E-state index in [1.54, 1.807) is 0 Å². The van der Waals surface area contributed by atoms with Crippen LogP contribution in [-0.4, -0.2) is 22.3 Å². The summed E-state index contributed by atoms with van der Waals surface area (Å²) in [5, 5.41) is 2.63. The lowest BCUT2D eigenvalue weighted by molar-refractivity contribution is 0.0730. The van der Waals surface area contributed by atoms with Gasteiger partial charge in [-0.15, -0.1) is 23.7 Å². The molecule has 1 unspecified atom stereocenters. The average Bonchev–Trinajstić information content (AvgIpc) is 3.15. The van der Waals surface area contributed by atoms with Gasteiger partial charge in [0.2, 0.25) is 0 Å². The number of likely N-dealkylation sites (tertiary alicyclic amines) is 1. The predicted octanol–water partition coefficient (Wildman–Crippen LogP) is 3.31. The SMILES string of the molecule is Cc1cccc(C2CCCN2C(=O)c2csc(CN)n2)c1.Cl. The molecule has 1 aromatic heterocycles. The molecule has 1 aliphatic heterocycles. The molecule has 22 heavy (non-hydrogen) atoms. The van der Waals surface area contributed by atoms with Crippen molar-refractivity contribution >= 4 is 29.7 Å². The number of amides is 1. The number of carbonyl (C=O) groups excluding carboxylic acids is 1. The zero-order valence-electron chi connectivity index (χ0n) is 12.5. The number of hydrogen-bond acceptors (Lipinski definition) is 4. The molecule has 1 fully saturated rings. The highest BCUT2D eigenvalue weighted by molar-refractivity contribution is 7.09. The average molecular weight is 338 g/mol. The Morgan fingerprint density at radius 2 is 2.32 bits per heavy atom. The fraction of sp³-hybridized carbons (Fsp3) is 0.375. The standard InChI is InChI=1S/C16H19N3OS.ClH/c1-11-4-2-5-12(8-11)14-6-3-7-19(14)16(20)13-10-21-15(9-17)18-13;/h2,4-5,8,10,14H,3,6-7,9,17H2,1H3;1H. The Kier molecular flexibility index (Phi) is 5.56. The number of nitrogens with zero attached hydrogens (tertiary/aromatic N) is 2. The lowest BCUT2D eigenvalue weighted by Gasteiger charge is -2.24. The monoisotopic (exact) mass is 337 g/mol. The third-order valence-electron chi connectivity index (χ3n) is 3.89. The molecule has 2 aromatic rings. The van der Waals surface area contributed by atoms with E-state index in [1.165, 1.54) is 22.5 Å². The molecule has 1 saturated heterocycles. The zero-order chi connectivity index (χ0) is 14.8. The number of aromatic nitrogens is 1. The number of benzene rings is 1. The second-order valence-electron chi connectivity index (χ2n) is 5.40. The molecule has 1 amide bonds. The van der Waals surface area contributed by atoms with E-state index in [9.17, 15) is 4.79 Å². The van der Waals surface area contributed by atoms with E-state index in [0.717, 1.165) is 24.4 Å². The molecule has 0 spiro atoms. The van der Waals surface area contributed by atoms with Crippen LogP contribution in [0.4, 0.5) is 0 Å². The van der Waals surface area contributed by atoms with Crippen LogP contribution in [-0.2, 0) is 6.54 Å². The highest BCUT2D eigenvalue weighted by Crippen LogP contribution is 2.33. The Balaban J connectivity index is 0.00000176. The van der Waals surface area contributed by atoms with Gasteiger partial charge in [0.15, 0.2) is 0 Å². The van der Waals surface area contributed by atoms with E-state index in [1.807, 2.05) is 10.3 Å². The fourth-order valence-corrected chi connectivity index (χ4v) is 3.53. The molecular weight excluding hydrogens is 318 g/mol. The molecule has 4 nitrogen and oxygen atoms in total. The molecule has 1 aromatic carbocycles. The Labute approximate surface area is 140 Å². The fourth-order valence-electron chi connectivity index (χ4n) is 2.88. The Hall–Kier alpha value is -1.43. The third kappa shape index (κ3) is 3.32. The van der Waals surface area contributed by atoms with Crippen LogP contribution in [0.5, 0.6) is 0 Å². The van der Waals surface area contributed by atoms with Crippen molar-refractivity contribution in [1.29, 1.82) is 0 Å². The number of carbonyl (C=O) groups is 1. The van der Waals surface area contributed by atoms with Crippen molar-refractivity contribution in [3.63, 3.8) is 0 Å². The van der Waals surface area contributed by atoms with Crippen molar-refractivity contribution in [2.45, 2.75) is 32.4 Å². The van der Waals surface area contributed by atoms with Gasteiger partial charge in [-0.3, -0.25) is 4.79 Å². The van der Waals surface area contributed by atoms with Gasteiger partial charge in [0, 0.05) is 18.5 Å². The summed E-state index contributed by atoms with van der Waals surface area (Å²) in [6.45, 7) is 3.27. The maximum absolute atomic E-state index is 12.7. The lowest BCUT2D eigenvalue weighted by Crippen LogP contribution is -2.30. The first-order valence-electron chi connectivity index (χ1n) is 7.21. The molecule has 2 N–H and O–H groups in total. The number of halogens is 1. The van der Waals surface area contributed by atoms with Crippen molar-refractivity contribution in [3.8, 4) is 0 Å². The molecule has 0 radical (unpaired) electrons. The summed E-state index contributed by atoms with van der Waals surface area (Å²) in [7, 11) is 0. The topological polar surface area (TPSA) is 59.2 Å². The summed E-state index contributed by atoms with van der Waals surface area (Å²) in [5.74, 6) is 0.0231. The van der Waals surface area contributed by atoms with Crippen LogP contribution in [0.3, 0.4) is 0 Å². The maximum Gasteiger partial charge on any atom is 0.273 e. The van der Waals surface area contributed by atoms with Gasteiger partial charge >= 0.3 is 0 Å². The van der Waals surface area contributed by atoms with Crippen molar-refractivity contribution in [3.05, 3.63) is 51.5 Å². The Bertz CT molecular complexity index is 658. The Morgan fingerprint density at radius 1 is 1.50 bits per heavy atom. The minimum Gasteiger partial charge on any atom is -0.330 e. The summed E-state index contributed by atoms with van der Waals surface area (Å²) in [6.07, 6.45) is 2.06. The number of thiazole rings is 1. The van der Waals surface area contributed by atoms with Gasteiger partial charge in [-0.1, -0.05) is 29.8 Å². The highest BCUT2D eigenvalue weighted by Gasteiger charge is 2.31. The van der Waals surface area contributed by atoms with E-state index >= 15 is 0 Å². The minimum atomic E-state index is 0. The van der Waals surface area contributed by atoms with E-state index in [4.69, 9.17) is 5.73 Å². The van der Waals surface area contributed by atoms with Gasteiger partial charge in [-0.2, -0.15) is 0 Å². The summed E-state index contributed by atoms with van der Waals surface area (Å²) >= 11 is 1.45. The van der Waals surface area contributed by atoms with Crippen molar-refractivity contribution in [2.75, 3.05) is 6.54 Å². The van der Waals surface area contributed by atoms with Crippen molar-refractivity contribution < 1.29 is 4.79 Å². The van der Waals surface area contributed by atoms with E-state index in [2.05, 4.69) is 36.2 Å². The van der Waals surface area contributed by atoms with Gasteiger partial charge in [0.05, 0.1) is 6.04 Å². The van der Waals surface area contributed by atoms with Gasteiger partial charge < -0.3 is 10.6 Å². The Morgan fingerprint density at radius 3 is 3.00 bits per heavy atom. The second kappa shape index (κ2) is 7.22. The summed E-state index contributed by atoms with van der Waals surface area (Å²) in [4.78, 5) is 18.9. The number of aryl methyl sites for hydroxylation is 1. The number of hydrogen-bond donors (Lipinski definition) is 1. The van der Waals surface area contributed by atoms with Crippen LogP contribution in [0.15, 0.2) is 29.6 Å². The third-order valence-corrected chi connectivity index (χ3v) is 4.76. The van der Waals surface area contributed by atoms with Gasteiger partial charge in [0.1, 0.15) is 10.7 Å². The van der Waals surface area contributed by atoms with Crippen LogP contribution in [0, 0.1) is 6.92 Å². The van der Waals surface area contributed by atoms with Crippen LogP contribution in [0.1, 0.15) is 45.5 Å². The molecule has 1 atom stereocenters. The van der Waals surface area contributed by atoms with E-state index < -0.39 is 0 Å². The maximum atomic E-state index is 12.7. The molecule has 0 aliphatic carbocycles. The van der Waals surface area contributed by atoms with Crippen molar-refractivity contribution in [2.24, 2.45) is 5.73 Å². The van der Waals surface area contributed by atoms with Crippen LogP contribution in [0.2, 0.25) is 0 Å². The van der Waals surface area contributed by atoms with Crippen molar-refractivity contribution in [1.82, 2.24) is 9.88 Å². The summed E-state index contributed by atoms with van der Waals surface area (Å²) < 4.78 is 0. The molecule has 6 heteroatoms. The largest absolute Gasteiger partial charge is 0.330 e. The normalized spacial score (nSPS) is 17.4. The molecule has 0 bridgehead atoms. The quantitative estimate of drug-likeness (QED) is 0.934. The smallest absolute Gasteiger partial charge is 0.273 e. The molecule has 3 rings (SSSR count). The number of nitrogens with two attached hydrogens (primary N) is 1. The van der Waals surface area contributed by atoms with Crippen LogP contribution < -0.4 is 5.73 Å². The first-order chi connectivity index (χ1) is 10.2. The first kappa shape index (κ1) is 16.9. The van der Waals surface area contributed by atoms with Crippen LogP contribution >= 0.6 is 23.7 Å². The predicted molar refractivity (Wildman–Crippen MR) is 91.4 cm³/mol. The summed E-state index contributed by atoms with van der Waals surface area (Å²) in [5.41, 5.74) is 8.55. The molecule has 2 heterocycles. The summed E-state index contributed by atoms with van der Waals surface area (Å²) in [6, 6.07) is 8.58. The van der Waals surface area contributed by atoms with Gasteiger partial charge in [0.25, 0.3) is 5.91 Å².